The normalized spacial score (nSPS) is 15.1. The monoisotopic (exact) mass is 528 g/mol. The fourth-order valence-corrected chi connectivity index (χ4v) is 4.51. The lowest BCUT2D eigenvalue weighted by Gasteiger charge is -2.14. The van der Waals surface area contributed by atoms with Gasteiger partial charge in [-0.15, -0.1) is 23.7 Å². The number of amides is 2. The van der Waals surface area contributed by atoms with Crippen LogP contribution in [0.1, 0.15) is 56.3 Å². The molecule has 0 aliphatic heterocycles. The highest BCUT2D eigenvalue weighted by Gasteiger charge is 2.20. The first-order valence-electron chi connectivity index (χ1n) is 11.0. The van der Waals surface area contributed by atoms with E-state index in [0.29, 0.717) is 22.8 Å². The van der Waals surface area contributed by atoms with Crippen LogP contribution in [-0.4, -0.2) is 28.4 Å². The first-order chi connectivity index (χ1) is 15.7. The van der Waals surface area contributed by atoms with Gasteiger partial charge in [0.25, 0.3) is 5.91 Å². The van der Waals surface area contributed by atoms with Crippen molar-refractivity contribution in [2.24, 2.45) is 22.6 Å². The Labute approximate surface area is 214 Å². The van der Waals surface area contributed by atoms with Crippen molar-refractivity contribution in [1.29, 1.82) is 0 Å². The maximum absolute atomic E-state index is 12.7. The first kappa shape index (κ1) is 28.0. The zero-order valence-corrected chi connectivity index (χ0v) is 21.5. The Kier molecular flexibility index (Phi) is 10.8. The summed E-state index contributed by atoms with van der Waals surface area (Å²) < 4.78 is 6.78. The van der Waals surface area contributed by atoms with E-state index in [-0.39, 0.29) is 41.5 Å². The Hall–Kier alpha value is -2.20. The molecule has 1 aliphatic rings. The van der Waals surface area contributed by atoms with Crippen molar-refractivity contribution in [3.63, 3.8) is 0 Å². The van der Waals surface area contributed by atoms with E-state index in [4.69, 9.17) is 22.1 Å². The van der Waals surface area contributed by atoms with Gasteiger partial charge < -0.3 is 15.8 Å². The number of nitrogens with two attached hydrogens (primary N) is 1. The zero-order valence-electron chi connectivity index (χ0n) is 19.2. The van der Waals surface area contributed by atoms with Gasteiger partial charge in [-0.3, -0.25) is 19.0 Å². The van der Waals surface area contributed by atoms with Gasteiger partial charge in [0, 0.05) is 23.6 Å². The van der Waals surface area contributed by atoms with Crippen molar-refractivity contribution >= 4 is 58.8 Å². The summed E-state index contributed by atoms with van der Waals surface area (Å²) in [4.78, 5) is 41.4. The predicted molar refractivity (Wildman–Crippen MR) is 135 cm³/mol. The summed E-state index contributed by atoms with van der Waals surface area (Å²) in [5, 5.41) is 4.83. The lowest BCUT2D eigenvalue weighted by molar-refractivity contribution is -0.150. The van der Waals surface area contributed by atoms with Crippen LogP contribution >= 0.6 is 35.3 Å². The van der Waals surface area contributed by atoms with E-state index in [1.807, 2.05) is 13.8 Å². The molecule has 1 fully saturated rings. The van der Waals surface area contributed by atoms with Gasteiger partial charge in [0.15, 0.2) is 11.5 Å². The number of aromatic nitrogens is 1. The fourth-order valence-electron chi connectivity index (χ4n) is 3.57. The van der Waals surface area contributed by atoms with Crippen LogP contribution in [0, 0.1) is 11.8 Å². The predicted octanol–water partition coefficient (Wildman–Crippen LogP) is 4.37. The molecule has 186 valence electrons. The molecule has 1 aromatic heterocycles. The molecule has 0 spiro atoms. The number of nitrogens with one attached hydrogen (secondary N) is 1. The molecule has 0 saturated heterocycles. The highest BCUT2D eigenvalue weighted by Crippen LogP contribution is 2.29. The standard InChI is InChI=1S/C23H29ClN4O4S.ClH/c1-14(2)20(25)22(31)32-13-28-9-10-33-23(28)27-21(30)16-7-8-18(17(24)12-16)26-19(29)11-15-5-3-4-6-15;/h7-10,12,14-15,20H,3-6,11,13,25H2,1-2H3,(H,26,29);1H/t20-;/m0./s1. The largest absolute Gasteiger partial charge is 0.443 e. The van der Waals surface area contributed by atoms with Gasteiger partial charge in [-0.05, 0) is 42.9 Å². The van der Waals surface area contributed by atoms with E-state index in [1.165, 1.54) is 30.2 Å². The topological polar surface area (TPSA) is 116 Å². The summed E-state index contributed by atoms with van der Waals surface area (Å²) in [7, 11) is 0. The van der Waals surface area contributed by atoms with Gasteiger partial charge in [-0.1, -0.05) is 38.3 Å². The molecule has 3 N–H and O–H groups in total. The molecule has 1 aliphatic carbocycles. The Morgan fingerprint density at radius 2 is 2.00 bits per heavy atom. The molecule has 34 heavy (non-hydrogen) atoms. The maximum atomic E-state index is 12.7. The molecule has 1 atom stereocenters. The fraction of sp³-hybridized carbons (Fsp3) is 0.478. The van der Waals surface area contributed by atoms with Crippen LogP contribution in [0.5, 0.6) is 0 Å². The van der Waals surface area contributed by atoms with Crippen LogP contribution in [0.2, 0.25) is 5.02 Å². The number of nitrogens with zero attached hydrogens (tertiary/aromatic N) is 2. The van der Waals surface area contributed by atoms with E-state index < -0.39 is 17.9 Å². The molecule has 1 aromatic carbocycles. The number of carbonyl (C=O) groups excluding carboxylic acids is 3. The molecular formula is C23H30Cl2N4O4S. The number of anilines is 1. The average Bonchev–Trinajstić information content (AvgIpc) is 3.44. The van der Waals surface area contributed by atoms with Gasteiger partial charge in [0.05, 0.1) is 10.7 Å². The second-order valence-corrected chi connectivity index (χ2v) is 9.81. The average molecular weight is 529 g/mol. The second-order valence-electron chi connectivity index (χ2n) is 8.53. The first-order valence-corrected chi connectivity index (χ1v) is 12.2. The highest BCUT2D eigenvalue weighted by molar-refractivity contribution is 7.07. The number of benzene rings is 1. The van der Waals surface area contributed by atoms with Crippen molar-refractivity contribution in [2.75, 3.05) is 5.32 Å². The molecule has 8 nitrogen and oxygen atoms in total. The molecule has 0 unspecified atom stereocenters. The third-order valence-electron chi connectivity index (χ3n) is 5.63. The number of esters is 1. The van der Waals surface area contributed by atoms with Gasteiger partial charge in [-0.2, -0.15) is 4.99 Å². The molecular weight excluding hydrogens is 499 g/mol. The van der Waals surface area contributed by atoms with Crippen molar-refractivity contribution in [3.8, 4) is 0 Å². The Morgan fingerprint density at radius 1 is 1.29 bits per heavy atom. The number of hydrogen-bond acceptors (Lipinski definition) is 6. The molecule has 1 heterocycles. The number of carbonyl (C=O) groups is 3. The SMILES string of the molecule is CC(C)[C@H](N)C(=O)OCn1ccsc1=NC(=O)c1ccc(NC(=O)CC2CCCC2)c(Cl)c1.Cl. The summed E-state index contributed by atoms with van der Waals surface area (Å²) in [5.74, 6) is -0.698. The van der Waals surface area contributed by atoms with Crippen LogP contribution in [-0.2, 0) is 21.1 Å². The van der Waals surface area contributed by atoms with Gasteiger partial charge in [-0.25, -0.2) is 0 Å². The third-order valence-corrected chi connectivity index (χ3v) is 6.74. The zero-order chi connectivity index (χ0) is 24.0. The van der Waals surface area contributed by atoms with Gasteiger partial charge in [0.2, 0.25) is 5.91 Å². The minimum atomic E-state index is -0.717. The lowest BCUT2D eigenvalue weighted by Crippen LogP contribution is -2.37. The number of hydrogen-bond donors (Lipinski definition) is 2. The van der Waals surface area contributed by atoms with E-state index in [1.54, 1.807) is 28.3 Å². The van der Waals surface area contributed by atoms with Gasteiger partial charge in [0.1, 0.15) is 6.04 Å². The van der Waals surface area contributed by atoms with Crippen molar-refractivity contribution in [2.45, 2.75) is 58.7 Å². The van der Waals surface area contributed by atoms with E-state index in [0.717, 1.165) is 12.8 Å². The summed E-state index contributed by atoms with van der Waals surface area (Å²) in [6.45, 7) is 3.57. The van der Waals surface area contributed by atoms with E-state index in [2.05, 4.69) is 10.3 Å². The maximum Gasteiger partial charge on any atom is 0.324 e. The van der Waals surface area contributed by atoms with E-state index >= 15 is 0 Å². The third kappa shape index (κ3) is 7.66. The van der Waals surface area contributed by atoms with Crippen LogP contribution in [0.4, 0.5) is 5.69 Å². The number of ether oxygens (including phenoxy) is 1. The minimum Gasteiger partial charge on any atom is -0.443 e. The Bertz CT molecular complexity index is 1080. The summed E-state index contributed by atoms with van der Waals surface area (Å²) in [5.41, 5.74) is 6.55. The summed E-state index contributed by atoms with van der Waals surface area (Å²) in [6, 6.07) is 3.95. The molecule has 2 amide bonds. The minimum absolute atomic E-state index is 0. The molecule has 11 heteroatoms. The van der Waals surface area contributed by atoms with Crippen molar-refractivity contribution in [1.82, 2.24) is 4.57 Å². The Balaban J connectivity index is 0.00000408. The van der Waals surface area contributed by atoms with Crippen molar-refractivity contribution in [3.05, 3.63) is 45.2 Å². The summed E-state index contributed by atoms with van der Waals surface area (Å²) >= 11 is 7.54. The van der Waals surface area contributed by atoms with E-state index in [9.17, 15) is 14.4 Å². The quantitative estimate of drug-likeness (QED) is 0.493. The second kappa shape index (κ2) is 13.0. The molecule has 0 radical (unpaired) electrons. The number of thiazole rings is 1. The van der Waals surface area contributed by atoms with Crippen LogP contribution in [0.3, 0.4) is 0 Å². The smallest absolute Gasteiger partial charge is 0.324 e. The number of halogens is 2. The Morgan fingerprint density at radius 3 is 2.65 bits per heavy atom. The molecule has 1 saturated carbocycles. The van der Waals surface area contributed by atoms with Gasteiger partial charge >= 0.3 is 5.97 Å². The molecule has 3 rings (SSSR count). The number of rotatable bonds is 8. The van der Waals surface area contributed by atoms with Crippen LogP contribution in [0.15, 0.2) is 34.8 Å². The lowest BCUT2D eigenvalue weighted by atomic mass is 10.0. The van der Waals surface area contributed by atoms with Crippen LogP contribution in [0.25, 0.3) is 0 Å². The summed E-state index contributed by atoms with van der Waals surface area (Å²) in [6.07, 6.45) is 6.68. The van der Waals surface area contributed by atoms with Crippen LogP contribution < -0.4 is 15.9 Å². The molecule has 2 aromatic rings. The van der Waals surface area contributed by atoms with Crippen molar-refractivity contribution < 1.29 is 19.1 Å². The molecule has 0 bridgehead atoms. The highest BCUT2D eigenvalue weighted by atomic mass is 35.5.